The van der Waals surface area contributed by atoms with Crippen molar-refractivity contribution >= 4 is 15.9 Å². The lowest BCUT2D eigenvalue weighted by Crippen LogP contribution is -2.35. The number of halogens is 1. The SMILES string of the molecule is C=C(Br)CNC(CO)Cc1ccccc1. The van der Waals surface area contributed by atoms with Gasteiger partial charge in [-0.2, -0.15) is 0 Å². The Morgan fingerprint density at radius 2 is 2.07 bits per heavy atom. The van der Waals surface area contributed by atoms with Crippen LogP contribution in [-0.4, -0.2) is 24.3 Å². The number of aliphatic hydroxyl groups excluding tert-OH is 1. The summed E-state index contributed by atoms with van der Waals surface area (Å²) in [7, 11) is 0. The second-order valence-corrected chi connectivity index (χ2v) is 4.59. The molecular formula is C12H16BrNO. The molecule has 1 unspecified atom stereocenters. The minimum Gasteiger partial charge on any atom is -0.395 e. The maximum atomic E-state index is 9.19. The van der Waals surface area contributed by atoms with E-state index in [2.05, 4.69) is 40.0 Å². The number of hydrogen-bond donors (Lipinski definition) is 2. The molecule has 1 aromatic carbocycles. The molecule has 0 fully saturated rings. The zero-order valence-electron chi connectivity index (χ0n) is 8.62. The van der Waals surface area contributed by atoms with Gasteiger partial charge in [0.15, 0.2) is 0 Å². The van der Waals surface area contributed by atoms with Crippen molar-refractivity contribution in [1.29, 1.82) is 0 Å². The number of aliphatic hydroxyl groups is 1. The average Bonchev–Trinajstić information content (AvgIpc) is 2.25. The third-order valence-corrected chi connectivity index (χ3v) is 2.41. The summed E-state index contributed by atoms with van der Waals surface area (Å²) in [6.07, 6.45) is 0.831. The van der Waals surface area contributed by atoms with Gasteiger partial charge in [-0.15, -0.1) is 0 Å². The van der Waals surface area contributed by atoms with Gasteiger partial charge in [-0.1, -0.05) is 52.8 Å². The zero-order chi connectivity index (χ0) is 11.1. The van der Waals surface area contributed by atoms with Crippen molar-refractivity contribution in [2.24, 2.45) is 0 Å². The third kappa shape index (κ3) is 5.11. The minimum atomic E-state index is 0.0849. The van der Waals surface area contributed by atoms with Crippen LogP contribution in [0.5, 0.6) is 0 Å². The van der Waals surface area contributed by atoms with Gasteiger partial charge in [0.05, 0.1) is 6.61 Å². The van der Waals surface area contributed by atoms with Crippen molar-refractivity contribution in [2.45, 2.75) is 12.5 Å². The molecule has 1 atom stereocenters. The van der Waals surface area contributed by atoms with Crippen molar-refractivity contribution in [1.82, 2.24) is 5.32 Å². The van der Waals surface area contributed by atoms with E-state index in [4.69, 9.17) is 0 Å². The average molecular weight is 270 g/mol. The summed E-state index contributed by atoms with van der Waals surface area (Å²) < 4.78 is 0.897. The molecule has 0 radical (unpaired) electrons. The fourth-order valence-corrected chi connectivity index (χ4v) is 1.52. The fourth-order valence-electron chi connectivity index (χ4n) is 1.35. The molecule has 15 heavy (non-hydrogen) atoms. The van der Waals surface area contributed by atoms with E-state index in [0.29, 0.717) is 6.54 Å². The minimum absolute atomic E-state index is 0.0849. The van der Waals surface area contributed by atoms with Crippen molar-refractivity contribution in [3.05, 3.63) is 47.0 Å². The van der Waals surface area contributed by atoms with Crippen molar-refractivity contribution in [2.75, 3.05) is 13.2 Å². The topological polar surface area (TPSA) is 32.3 Å². The normalized spacial score (nSPS) is 12.4. The highest BCUT2D eigenvalue weighted by Crippen LogP contribution is 2.04. The van der Waals surface area contributed by atoms with E-state index in [1.165, 1.54) is 5.56 Å². The van der Waals surface area contributed by atoms with Crippen molar-refractivity contribution in [3.8, 4) is 0 Å². The fraction of sp³-hybridized carbons (Fsp3) is 0.333. The highest BCUT2D eigenvalue weighted by Gasteiger charge is 2.07. The zero-order valence-corrected chi connectivity index (χ0v) is 10.2. The third-order valence-electron chi connectivity index (χ3n) is 2.13. The molecule has 0 aliphatic heterocycles. The summed E-state index contributed by atoms with van der Waals surface area (Å²) in [5.74, 6) is 0. The molecule has 1 aromatic rings. The molecule has 0 saturated carbocycles. The van der Waals surface area contributed by atoms with Gasteiger partial charge in [0.2, 0.25) is 0 Å². The Balaban J connectivity index is 2.43. The van der Waals surface area contributed by atoms with Gasteiger partial charge in [0, 0.05) is 17.1 Å². The van der Waals surface area contributed by atoms with Gasteiger partial charge < -0.3 is 10.4 Å². The van der Waals surface area contributed by atoms with E-state index in [9.17, 15) is 5.11 Å². The molecule has 0 aliphatic rings. The van der Waals surface area contributed by atoms with Crippen LogP contribution in [0.2, 0.25) is 0 Å². The largest absolute Gasteiger partial charge is 0.395 e. The molecule has 0 heterocycles. The molecule has 3 heteroatoms. The Kier molecular flexibility index (Phi) is 5.61. The first-order valence-electron chi connectivity index (χ1n) is 4.94. The lowest BCUT2D eigenvalue weighted by molar-refractivity contribution is 0.245. The lowest BCUT2D eigenvalue weighted by Gasteiger charge is -2.15. The van der Waals surface area contributed by atoms with Crippen LogP contribution in [0.4, 0.5) is 0 Å². The van der Waals surface area contributed by atoms with Gasteiger partial charge in [-0.3, -0.25) is 0 Å². The lowest BCUT2D eigenvalue weighted by atomic mass is 10.1. The molecule has 0 bridgehead atoms. The number of rotatable bonds is 6. The van der Waals surface area contributed by atoms with Crippen LogP contribution in [0.25, 0.3) is 0 Å². The van der Waals surface area contributed by atoms with Crippen LogP contribution in [0.1, 0.15) is 5.56 Å². The quantitative estimate of drug-likeness (QED) is 0.829. The molecule has 0 saturated heterocycles. The molecule has 0 aromatic heterocycles. The van der Waals surface area contributed by atoms with Crippen LogP contribution in [0.15, 0.2) is 41.4 Å². The van der Waals surface area contributed by atoms with Crippen LogP contribution in [0.3, 0.4) is 0 Å². The predicted octanol–water partition coefficient (Wildman–Crippen LogP) is 2.09. The van der Waals surface area contributed by atoms with Crippen molar-refractivity contribution in [3.63, 3.8) is 0 Å². The summed E-state index contributed by atoms with van der Waals surface area (Å²) >= 11 is 3.28. The van der Waals surface area contributed by atoms with Gasteiger partial charge in [0.25, 0.3) is 0 Å². The summed E-state index contributed by atoms with van der Waals surface area (Å²) in [6, 6.07) is 10.2. The monoisotopic (exact) mass is 269 g/mol. The van der Waals surface area contributed by atoms with Gasteiger partial charge in [0.1, 0.15) is 0 Å². The second kappa shape index (κ2) is 6.77. The Morgan fingerprint density at radius 1 is 1.40 bits per heavy atom. The molecule has 0 aliphatic carbocycles. The number of benzene rings is 1. The standard InChI is InChI=1S/C12H16BrNO/c1-10(13)8-14-12(9-15)7-11-5-3-2-4-6-11/h2-6,12,14-15H,1,7-9H2. The van der Waals surface area contributed by atoms with E-state index < -0.39 is 0 Å². The highest BCUT2D eigenvalue weighted by molar-refractivity contribution is 9.11. The van der Waals surface area contributed by atoms with Gasteiger partial charge >= 0.3 is 0 Å². The van der Waals surface area contributed by atoms with Crippen LogP contribution in [-0.2, 0) is 6.42 Å². The molecule has 0 amide bonds. The first kappa shape index (κ1) is 12.4. The van der Waals surface area contributed by atoms with Crippen LogP contribution in [0, 0.1) is 0 Å². The van der Waals surface area contributed by atoms with Crippen molar-refractivity contribution < 1.29 is 5.11 Å². The van der Waals surface area contributed by atoms with E-state index >= 15 is 0 Å². The summed E-state index contributed by atoms with van der Waals surface area (Å²) in [4.78, 5) is 0. The maximum absolute atomic E-state index is 9.19. The number of hydrogen-bond acceptors (Lipinski definition) is 2. The first-order chi connectivity index (χ1) is 7.22. The van der Waals surface area contributed by atoms with E-state index in [0.717, 1.165) is 10.9 Å². The van der Waals surface area contributed by atoms with E-state index in [1.54, 1.807) is 0 Å². The van der Waals surface area contributed by atoms with E-state index in [-0.39, 0.29) is 12.6 Å². The Bertz CT molecular complexity index is 300. The Hall–Kier alpha value is -0.640. The van der Waals surface area contributed by atoms with Gasteiger partial charge in [-0.25, -0.2) is 0 Å². The van der Waals surface area contributed by atoms with Gasteiger partial charge in [-0.05, 0) is 12.0 Å². The first-order valence-corrected chi connectivity index (χ1v) is 5.73. The van der Waals surface area contributed by atoms with E-state index in [1.807, 2.05) is 18.2 Å². The molecular weight excluding hydrogens is 254 g/mol. The second-order valence-electron chi connectivity index (χ2n) is 3.47. The molecule has 2 N–H and O–H groups in total. The number of nitrogens with one attached hydrogen (secondary N) is 1. The highest BCUT2D eigenvalue weighted by atomic mass is 79.9. The summed E-state index contributed by atoms with van der Waals surface area (Å²) in [5, 5.41) is 12.4. The van der Waals surface area contributed by atoms with Crippen LogP contribution >= 0.6 is 15.9 Å². The summed E-state index contributed by atoms with van der Waals surface area (Å²) in [6.45, 7) is 4.55. The maximum Gasteiger partial charge on any atom is 0.0587 e. The Labute approximate surface area is 99.1 Å². The van der Waals surface area contributed by atoms with Crippen LogP contribution < -0.4 is 5.32 Å². The molecule has 0 spiro atoms. The summed E-state index contributed by atoms with van der Waals surface area (Å²) in [5.41, 5.74) is 1.23. The molecule has 82 valence electrons. The Morgan fingerprint density at radius 3 is 2.60 bits per heavy atom. The molecule has 1 rings (SSSR count). The smallest absolute Gasteiger partial charge is 0.0587 e. The molecule has 2 nitrogen and oxygen atoms in total. The predicted molar refractivity (Wildman–Crippen MR) is 67.1 cm³/mol.